The van der Waals surface area contributed by atoms with Crippen molar-refractivity contribution in [1.29, 1.82) is 0 Å². The Balaban J connectivity index is 1.78. The van der Waals surface area contributed by atoms with Gasteiger partial charge in [-0.25, -0.2) is 0 Å². The van der Waals surface area contributed by atoms with Crippen molar-refractivity contribution in [2.24, 2.45) is 0 Å². The molecule has 0 saturated heterocycles. The molecule has 23 heavy (non-hydrogen) atoms. The predicted octanol–water partition coefficient (Wildman–Crippen LogP) is 3.25. The maximum atomic E-state index is 12.2. The smallest absolute Gasteiger partial charge is 0.225 e. The molecular weight excluding hydrogens is 288 g/mol. The van der Waals surface area contributed by atoms with Crippen molar-refractivity contribution in [2.45, 2.75) is 70.4 Å². The summed E-state index contributed by atoms with van der Waals surface area (Å²) < 4.78 is 0. The number of carbonyl (C=O) groups excluding carboxylic acids is 1. The van der Waals surface area contributed by atoms with E-state index in [1.54, 1.807) is 0 Å². The van der Waals surface area contributed by atoms with Crippen LogP contribution < -0.4 is 10.6 Å². The highest BCUT2D eigenvalue weighted by Crippen LogP contribution is 2.27. The Morgan fingerprint density at radius 1 is 1.26 bits per heavy atom. The number of para-hydroxylation sites is 1. The molecule has 1 atom stereocenters. The van der Waals surface area contributed by atoms with E-state index in [1.807, 2.05) is 31.2 Å². The summed E-state index contributed by atoms with van der Waals surface area (Å²) in [7, 11) is 0. The summed E-state index contributed by atoms with van der Waals surface area (Å²) in [6.07, 6.45) is 6.45. The molecule has 1 amide bonds. The summed E-state index contributed by atoms with van der Waals surface area (Å²) in [5, 5.41) is 16.8. The third-order valence-electron chi connectivity index (χ3n) is 4.73. The number of carbonyl (C=O) groups is 1. The molecule has 1 fully saturated rings. The fraction of sp³-hybridized carbons (Fsp3) is 0.632. The topological polar surface area (TPSA) is 61.4 Å². The second-order valence-corrected chi connectivity index (χ2v) is 6.83. The van der Waals surface area contributed by atoms with E-state index < -0.39 is 5.60 Å². The Hall–Kier alpha value is -1.39. The normalized spacial score (nSPS) is 18.4. The summed E-state index contributed by atoms with van der Waals surface area (Å²) in [4.78, 5) is 12.2. The standard InChI is InChI=1S/C19H30N2O2/c1-3-16-9-5-6-10-17(16)21-18(22)13-15(2)20-14-19(23)11-7-4-8-12-19/h5-6,9-10,15,20,23H,3-4,7-8,11-14H2,1-2H3,(H,21,22). The van der Waals surface area contributed by atoms with E-state index in [4.69, 9.17) is 0 Å². The van der Waals surface area contributed by atoms with Gasteiger partial charge in [0.15, 0.2) is 0 Å². The molecule has 1 aromatic carbocycles. The van der Waals surface area contributed by atoms with Crippen LogP contribution in [0.4, 0.5) is 5.69 Å². The molecule has 0 aromatic heterocycles. The number of amides is 1. The van der Waals surface area contributed by atoms with Gasteiger partial charge in [0.05, 0.1) is 5.60 Å². The largest absolute Gasteiger partial charge is 0.389 e. The first kappa shape index (κ1) is 18.0. The number of rotatable bonds is 7. The van der Waals surface area contributed by atoms with Crippen molar-refractivity contribution in [2.75, 3.05) is 11.9 Å². The summed E-state index contributed by atoms with van der Waals surface area (Å²) in [6.45, 7) is 4.66. The molecule has 0 radical (unpaired) electrons. The molecule has 1 unspecified atom stereocenters. The van der Waals surface area contributed by atoms with Gasteiger partial charge < -0.3 is 15.7 Å². The zero-order valence-electron chi connectivity index (χ0n) is 14.4. The van der Waals surface area contributed by atoms with Crippen LogP contribution in [0.25, 0.3) is 0 Å². The quantitative estimate of drug-likeness (QED) is 0.723. The second-order valence-electron chi connectivity index (χ2n) is 6.83. The lowest BCUT2D eigenvalue weighted by Gasteiger charge is -2.33. The Bertz CT molecular complexity index is 510. The number of hydrogen-bond acceptors (Lipinski definition) is 3. The zero-order valence-corrected chi connectivity index (χ0v) is 14.4. The molecule has 1 saturated carbocycles. The minimum absolute atomic E-state index is 0.0153. The van der Waals surface area contributed by atoms with E-state index in [1.165, 1.54) is 6.42 Å². The molecule has 4 nitrogen and oxygen atoms in total. The van der Waals surface area contributed by atoms with Gasteiger partial charge >= 0.3 is 0 Å². The molecule has 1 aromatic rings. The first-order chi connectivity index (χ1) is 11.0. The van der Waals surface area contributed by atoms with Crippen LogP contribution in [-0.4, -0.2) is 29.2 Å². The maximum absolute atomic E-state index is 12.2. The average Bonchev–Trinajstić information content (AvgIpc) is 2.54. The number of hydrogen-bond donors (Lipinski definition) is 3. The van der Waals surface area contributed by atoms with Gasteiger partial charge in [-0.2, -0.15) is 0 Å². The molecule has 1 aliphatic carbocycles. The Morgan fingerprint density at radius 3 is 2.65 bits per heavy atom. The highest BCUT2D eigenvalue weighted by atomic mass is 16.3. The van der Waals surface area contributed by atoms with Crippen molar-refractivity contribution >= 4 is 11.6 Å². The lowest BCUT2D eigenvalue weighted by atomic mass is 9.85. The van der Waals surface area contributed by atoms with Crippen LogP contribution >= 0.6 is 0 Å². The van der Waals surface area contributed by atoms with Gasteiger partial charge in [0, 0.05) is 24.7 Å². The highest BCUT2D eigenvalue weighted by molar-refractivity contribution is 5.91. The lowest BCUT2D eigenvalue weighted by molar-refractivity contribution is -0.116. The summed E-state index contributed by atoms with van der Waals surface area (Å²) >= 11 is 0. The molecule has 1 aliphatic rings. The third-order valence-corrected chi connectivity index (χ3v) is 4.73. The van der Waals surface area contributed by atoms with Crippen molar-refractivity contribution in [3.05, 3.63) is 29.8 Å². The van der Waals surface area contributed by atoms with E-state index in [0.717, 1.165) is 43.4 Å². The maximum Gasteiger partial charge on any atom is 0.225 e. The molecule has 0 aliphatic heterocycles. The number of aliphatic hydroxyl groups is 1. The Kier molecular flexibility index (Phi) is 6.60. The van der Waals surface area contributed by atoms with Crippen molar-refractivity contribution in [3.63, 3.8) is 0 Å². The fourth-order valence-corrected chi connectivity index (χ4v) is 3.25. The van der Waals surface area contributed by atoms with Crippen LogP contribution in [-0.2, 0) is 11.2 Å². The Morgan fingerprint density at radius 2 is 1.96 bits per heavy atom. The Labute approximate surface area is 139 Å². The van der Waals surface area contributed by atoms with Gasteiger partial charge in [-0.3, -0.25) is 4.79 Å². The second kappa shape index (κ2) is 8.46. The molecule has 2 rings (SSSR count). The monoisotopic (exact) mass is 318 g/mol. The predicted molar refractivity (Wildman–Crippen MR) is 94.6 cm³/mol. The average molecular weight is 318 g/mol. The van der Waals surface area contributed by atoms with Gasteiger partial charge in [0.1, 0.15) is 0 Å². The molecule has 3 N–H and O–H groups in total. The summed E-state index contributed by atoms with van der Waals surface area (Å²) in [5.41, 5.74) is 1.47. The number of anilines is 1. The summed E-state index contributed by atoms with van der Waals surface area (Å²) in [5.74, 6) is 0.0153. The van der Waals surface area contributed by atoms with Crippen LogP contribution in [0.2, 0.25) is 0 Å². The van der Waals surface area contributed by atoms with Gasteiger partial charge in [0.25, 0.3) is 0 Å². The van der Waals surface area contributed by atoms with Gasteiger partial charge in [0.2, 0.25) is 5.91 Å². The number of benzene rings is 1. The van der Waals surface area contributed by atoms with Gasteiger partial charge in [-0.05, 0) is 37.8 Å². The van der Waals surface area contributed by atoms with Crippen LogP contribution in [0.15, 0.2) is 24.3 Å². The van der Waals surface area contributed by atoms with Gasteiger partial charge in [-0.1, -0.05) is 44.4 Å². The van der Waals surface area contributed by atoms with Crippen LogP contribution in [0.5, 0.6) is 0 Å². The van der Waals surface area contributed by atoms with Gasteiger partial charge in [-0.15, -0.1) is 0 Å². The number of aryl methyl sites for hydroxylation is 1. The summed E-state index contributed by atoms with van der Waals surface area (Å²) in [6, 6.07) is 7.96. The van der Waals surface area contributed by atoms with E-state index in [2.05, 4.69) is 17.6 Å². The zero-order chi connectivity index (χ0) is 16.7. The van der Waals surface area contributed by atoms with Crippen molar-refractivity contribution in [3.8, 4) is 0 Å². The van der Waals surface area contributed by atoms with Crippen LogP contribution in [0.3, 0.4) is 0 Å². The fourth-order valence-electron chi connectivity index (χ4n) is 3.25. The molecule has 0 spiro atoms. The van der Waals surface area contributed by atoms with Crippen LogP contribution in [0.1, 0.15) is 57.9 Å². The third kappa shape index (κ3) is 5.63. The lowest BCUT2D eigenvalue weighted by Crippen LogP contribution is -2.45. The molecule has 4 heteroatoms. The van der Waals surface area contributed by atoms with E-state index in [9.17, 15) is 9.90 Å². The minimum Gasteiger partial charge on any atom is -0.389 e. The molecule has 128 valence electrons. The molecular formula is C19H30N2O2. The minimum atomic E-state index is -0.586. The SMILES string of the molecule is CCc1ccccc1NC(=O)CC(C)NCC1(O)CCCCC1. The van der Waals surface area contributed by atoms with E-state index in [0.29, 0.717) is 13.0 Å². The highest BCUT2D eigenvalue weighted by Gasteiger charge is 2.29. The van der Waals surface area contributed by atoms with Crippen LogP contribution in [0, 0.1) is 0 Å². The van der Waals surface area contributed by atoms with Crippen molar-refractivity contribution < 1.29 is 9.90 Å². The first-order valence-electron chi connectivity index (χ1n) is 8.86. The molecule has 0 heterocycles. The number of nitrogens with one attached hydrogen (secondary N) is 2. The first-order valence-corrected chi connectivity index (χ1v) is 8.86. The van der Waals surface area contributed by atoms with Crippen molar-refractivity contribution in [1.82, 2.24) is 5.32 Å². The molecule has 0 bridgehead atoms. The van der Waals surface area contributed by atoms with E-state index in [-0.39, 0.29) is 11.9 Å². The van der Waals surface area contributed by atoms with E-state index >= 15 is 0 Å².